The van der Waals surface area contributed by atoms with Gasteiger partial charge in [0.15, 0.2) is 0 Å². The van der Waals surface area contributed by atoms with E-state index in [9.17, 15) is 9.59 Å². The Balaban J connectivity index is 1.08. The predicted molar refractivity (Wildman–Crippen MR) is 159 cm³/mol. The summed E-state index contributed by atoms with van der Waals surface area (Å²) in [6, 6.07) is 28.6. The number of ether oxygens (including phenoxy) is 2. The van der Waals surface area contributed by atoms with Crippen molar-refractivity contribution >= 4 is 50.3 Å². The Bertz CT molecular complexity index is 1850. The Labute approximate surface area is 233 Å². The number of carbonyl (C=O) groups is 2. The number of hydrogen-bond acceptors (Lipinski definition) is 4. The lowest BCUT2D eigenvalue weighted by Crippen LogP contribution is -2.53. The maximum Gasteiger partial charge on any atom is 0.314 e. The van der Waals surface area contributed by atoms with Gasteiger partial charge in [-0.15, -0.1) is 0 Å². The van der Waals surface area contributed by atoms with E-state index in [2.05, 4.69) is 48.6 Å². The fourth-order valence-corrected chi connectivity index (χ4v) is 6.51. The summed E-state index contributed by atoms with van der Waals surface area (Å²) < 4.78 is 11.4. The molecule has 2 aliphatic rings. The molecule has 0 amide bonds. The van der Waals surface area contributed by atoms with Gasteiger partial charge in [0.2, 0.25) is 0 Å². The highest BCUT2D eigenvalue weighted by atomic mass is 16.5. The standard InChI is InChI=1S/C36H30O4/c1-36(2)32(34(37)39-21-22-7-4-3-5-8-22)20-33(36)35(38)40-25-13-16-27-24(19-25)12-15-31-29(27)18-17-28-26-10-6-9-23(26)11-14-30(28)31/h3-9,11-19,32-33H,10,20-21H2,1-2H3/t32-,33+/m0/s1. The van der Waals surface area contributed by atoms with Crippen molar-refractivity contribution in [2.75, 3.05) is 0 Å². The van der Waals surface area contributed by atoms with Gasteiger partial charge in [0.25, 0.3) is 0 Å². The van der Waals surface area contributed by atoms with Crippen LogP contribution in [0.2, 0.25) is 0 Å². The van der Waals surface area contributed by atoms with E-state index < -0.39 is 5.41 Å². The fraction of sp³-hybridized carbons (Fsp3) is 0.222. The Morgan fingerprint density at radius 1 is 0.775 bits per heavy atom. The lowest BCUT2D eigenvalue weighted by Gasteiger charge is -2.48. The molecule has 0 unspecified atom stereocenters. The van der Waals surface area contributed by atoms with Crippen LogP contribution in [0.15, 0.2) is 91.0 Å². The van der Waals surface area contributed by atoms with E-state index in [-0.39, 0.29) is 30.4 Å². The van der Waals surface area contributed by atoms with Crippen LogP contribution in [-0.2, 0) is 27.4 Å². The summed E-state index contributed by atoms with van der Waals surface area (Å²) in [4.78, 5) is 25.9. The zero-order chi connectivity index (χ0) is 27.4. The first kappa shape index (κ1) is 24.6. The molecule has 0 saturated heterocycles. The van der Waals surface area contributed by atoms with Gasteiger partial charge in [-0.25, -0.2) is 0 Å². The van der Waals surface area contributed by atoms with Crippen molar-refractivity contribution in [1.82, 2.24) is 0 Å². The van der Waals surface area contributed by atoms with Gasteiger partial charge in [0, 0.05) is 0 Å². The SMILES string of the molecule is CC1(C)[C@@H](C(=O)Oc2ccc3c(ccc4c5ccc6c(c5ccc34)CC=C6)c2)C[C@H]1C(=O)OCc1ccccc1. The Morgan fingerprint density at radius 3 is 2.27 bits per heavy atom. The lowest BCUT2D eigenvalue weighted by atomic mass is 9.54. The van der Waals surface area contributed by atoms with Crippen molar-refractivity contribution in [2.45, 2.75) is 33.3 Å². The summed E-state index contributed by atoms with van der Waals surface area (Å²) in [5.74, 6) is -0.734. The van der Waals surface area contributed by atoms with Crippen LogP contribution in [0.4, 0.5) is 0 Å². The summed E-state index contributed by atoms with van der Waals surface area (Å²) in [6.07, 6.45) is 5.84. The third kappa shape index (κ3) is 3.98. The highest BCUT2D eigenvalue weighted by Crippen LogP contribution is 2.52. The molecule has 198 valence electrons. The van der Waals surface area contributed by atoms with Crippen LogP contribution in [0, 0.1) is 17.3 Å². The quantitative estimate of drug-likeness (QED) is 0.132. The number of fused-ring (bicyclic) bond motifs is 7. The molecular weight excluding hydrogens is 496 g/mol. The van der Waals surface area contributed by atoms with Crippen molar-refractivity contribution in [3.8, 4) is 5.75 Å². The van der Waals surface area contributed by atoms with E-state index in [0.29, 0.717) is 12.2 Å². The van der Waals surface area contributed by atoms with Crippen LogP contribution < -0.4 is 4.74 Å². The minimum absolute atomic E-state index is 0.238. The van der Waals surface area contributed by atoms with Crippen molar-refractivity contribution in [3.05, 3.63) is 108 Å². The monoisotopic (exact) mass is 526 g/mol. The molecule has 0 N–H and O–H groups in total. The second-order valence-corrected chi connectivity index (χ2v) is 11.6. The van der Waals surface area contributed by atoms with Crippen LogP contribution in [0.1, 0.15) is 37.0 Å². The highest BCUT2D eigenvalue weighted by molar-refractivity contribution is 6.18. The second kappa shape index (κ2) is 9.34. The van der Waals surface area contributed by atoms with E-state index in [1.54, 1.807) is 0 Å². The minimum atomic E-state index is -0.533. The Kier molecular flexibility index (Phi) is 5.74. The third-order valence-corrected chi connectivity index (χ3v) is 9.03. The maximum atomic E-state index is 13.2. The summed E-state index contributed by atoms with van der Waals surface area (Å²) in [5, 5.41) is 7.14. The summed E-state index contributed by atoms with van der Waals surface area (Å²) in [6.45, 7) is 4.13. The third-order valence-electron chi connectivity index (χ3n) is 9.03. The number of allylic oxidation sites excluding steroid dienone is 1. The number of rotatable bonds is 5. The van der Waals surface area contributed by atoms with Gasteiger partial charge in [0.1, 0.15) is 12.4 Å². The first-order valence-corrected chi connectivity index (χ1v) is 13.9. The molecule has 7 rings (SSSR count). The average Bonchev–Trinajstić information content (AvgIpc) is 3.45. The van der Waals surface area contributed by atoms with Gasteiger partial charge in [-0.1, -0.05) is 98.8 Å². The Morgan fingerprint density at radius 2 is 1.45 bits per heavy atom. The number of benzene rings is 5. The molecule has 2 aliphatic carbocycles. The van der Waals surface area contributed by atoms with Crippen LogP contribution in [0.5, 0.6) is 5.75 Å². The summed E-state index contributed by atoms with van der Waals surface area (Å²) in [5.41, 5.74) is 3.12. The van der Waals surface area contributed by atoms with Gasteiger partial charge in [-0.05, 0) is 79.4 Å². The van der Waals surface area contributed by atoms with Crippen molar-refractivity contribution in [2.24, 2.45) is 17.3 Å². The molecule has 4 heteroatoms. The second-order valence-electron chi connectivity index (χ2n) is 11.6. The molecule has 0 aromatic heterocycles. The molecule has 5 aromatic carbocycles. The van der Waals surface area contributed by atoms with E-state index in [0.717, 1.165) is 22.8 Å². The summed E-state index contributed by atoms with van der Waals surface area (Å²) in [7, 11) is 0. The van der Waals surface area contributed by atoms with Crippen LogP contribution in [0.3, 0.4) is 0 Å². The molecule has 0 heterocycles. The van der Waals surface area contributed by atoms with Gasteiger partial charge >= 0.3 is 11.9 Å². The molecule has 5 aromatic rings. The largest absolute Gasteiger partial charge is 0.461 e. The Hall–Kier alpha value is -4.44. The average molecular weight is 527 g/mol. The molecule has 1 saturated carbocycles. The first-order valence-electron chi connectivity index (χ1n) is 13.9. The smallest absolute Gasteiger partial charge is 0.314 e. The zero-order valence-corrected chi connectivity index (χ0v) is 22.6. The van der Waals surface area contributed by atoms with Crippen molar-refractivity contribution in [3.63, 3.8) is 0 Å². The van der Waals surface area contributed by atoms with E-state index in [1.165, 1.54) is 32.7 Å². The molecular formula is C36H30O4. The summed E-state index contributed by atoms with van der Waals surface area (Å²) >= 11 is 0. The maximum absolute atomic E-state index is 13.2. The molecule has 4 nitrogen and oxygen atoms in total. The number of carbonyl (C=O) groups excluding carboxylic acids is 2. The number of esters is 2. The minimum Gasteiger partial charge on any atom is -0.461 e. The van der Waals surface area contributed by atoms with E-state index in [1.807, 2.05) is 62.4 Å². The molecule has 0 spiro atoms. The van der Waals surface area contributed by atoms with Crippen LogP contribution >= 0.6 is 0 Å². The molecule has 2 atom stereocenters. The van der Waals surface area contributed by atoms with Gasteiger partial charge in [0.05, 0.1) is 11.8 Å². The zero-order valence-electron chi connectivity index (χ0n) is 22.6. The van der Waals surface area contributed by atoms with Gasteiger partial charge in [-0.3, -0.25) is 9.59 Å². The highest BCUT2D eigenvalue weighted by Gasteiger charge is 2.56. The number of hydrogen-bond donors (Lipinski definition) is 0. The lowest BCUT2D eigenvalue weighted by molar-refractivity contribution is -0.175. The van der Waals surface area contributed by atoms with E-state index in [4.69, 9.17) is 9.47 Å². The van der Waals surface area contributed by atoms with Crippen molar-refractivity contribution in [1.29, 1.82) is 0 Å². The van der Waals surface area contributed by atoms with E-state index >= 15 is 0 Å². The van der Waals surface area contributed by atoms with Crippen molar-refractivity contribution < 1.29 is 19.1 Å². The predicted octanol–water partition coefficient (Wildman–Crippen LogP) is 8.03. The van der Waals surface area contributed by atoms with Crippen LogP contribution in [0.25, 0.3) is 38.4 Å². The molecule has 1 fully saturated rings. The topological polar surface area (TPSA) is 52.6 Å². The first-order chi connectivity index (χ1) is 19.4. The van der Waals surface area contributed by atoms with Crippen LogP contribution in [-0.4, -0.2) is 11.9 Å². The molecule has 0 bridgehead atoms. The van der Waals surface area contributed by atoms with Gasteiger partial charge in [-0.2, -0.15) is 0 Å². The van der Waals surface area contributed by atoms with Gasteiger partial charge < -0.3 is 9.47 Å². The molecule has 0 aliphatic heterocycles. The fourth-order valence-electron chi connectivity index (χ4n) is 6.51. The normalized spacial score (nSPS) is 18.9. The molecule has 40 heavy (non-hydrogen) atoms. The molecule has 0 radical (unpaired) electrons.